The zero-order chi connectivity index (χ0) is 25.9. The summed E-state index contributed by atoms with van der Waals surface area (Å²) in [5.41, 5.74) is 6.79. The summed E-state index contributed by atoms with van der Waals surface area (Å²) in [6, 6.07) is 42.2. The van der Waals surface area contributed by atoms with Gasteiger partial charge in [-0.05, 0) is 52.7 Å². The molecule has 3 aromatic heterocycles. The molecule has 0 saturated heterocycles. The number of hydrogen-bond acceptors (Lipinski definition) is 3. The molecule has 6 heteroatoms. The molecule has 4 aromatic carbocycles. The van der Waals surface area contributed by atoms with Crippen molar-refractivity contribution in [3.05, 3.63) is 139 Å². The Morgan fingerprint density at radius 2 is 1.49 bits per heavy atom. The third-order valence-corrected chi connectivity index (χ3v) is 6.42. The molecule has 0 fully saturated rings. The Morgan fingerprint density at radius 1 is 0.744 bits per heavy atom. The zero-order valence-corrected chi connectivity index (χ0v) is 22.9. The van der Waals surface area contributed by atoms with Crippen molar-refractivity contribution in [1.29, 1.82) is 0 Å². The van der Waals surface area contributed by atoms with Gasteiger partial charge in [-0.2, -0.15) is 0 Å². The molecule has 0 aliphatic heterocycles. The van der Waals surface area contributed by atoms with E-state index in [-0.39, 0.29) is 26.8 Å². The Bertz CT molecular complexity index is 1900. The molecule has 192 valence electrons. The van der Waals surface area contributed by atoms with E-state index in [0.29, 0.717) is 0 Å². The van der Waals surface area contributed by atoms with Gasteiger partial charge in [-0.25, -0.2) is 9.78 Å². The molecule has 1 N–H and O–H groups in total. The van der Waals surface area contributed by atoms with E-state index < -0.39 is 5.97 Å². The summed E-state index contributed by atoms with van der Waals surface area (Å²) in [5, 5.41) is 11.9. The number of benzene rings is 4. The molecular formula is C33H22N3O2Pt-. The molecule has 0 spiro atoms. The summed E-state index contributed by atoms with van der Waals surface area (Å²) in [4.78, 5) is 18.4. The van der Waals surface area contributed by atoms with Gasteiger partial charge >= 0.3 is 5.97 Å². The fourth-order valence-electron chi connectivity index (χ4n) is 4.73. The van der Waals surface area contributed by atoms with E-state index in [1.165, 1.54) is 28.6 Å². The quantitative estimate of drug-likeness (QED) is 0.195. The number of hydrogen-bond donors (Lipinski definition) is 1. The first kappa shape index (κ1) is 26.0. The second kappa shape index (κ2) is 11.4. The predicted octanol–water partition coefficient (Wildman–Crippen LogP) is 7.58. The van der Waals surface area contributed by atoms with Gasteiger partial charge in [0.15, 0.2) is 0 Å². The normalized spacial score (nSPS) is 10.6. The minimum Gasteiger partial charge on any atom is -0.477 e. The second-order valence-electron chi connectivity index (χ2n) is 8.74. The number of aromatic nitrogens is 3. The van der Waals surface area contributed by atoms with Crippen LogP contribution in [0, 0.1) is 6.07 Å². The number of rotatable bonds is 3. The molecule has 3 heterocycles. The number of aromatic carboxylic acids is 1. The molecule has 5 nitrogen and oxygen atoms in total. The van der Waals surface area contributed by atoms with Gasteiger partial charge in [0, 0.05) is 50.2 Å². The van der Waals surface area contributed by atoms with Crippen LogP contribution in [0.1, 0.15) is 10.5 Å². The van der Waals surface area contributed by atoms with Crippen molar-refractivity contribution in [1.82, 2.24) is 14.5 Å². The summed E-state index contributed by atoms with van der Waals surface area (Å²) >= 11 is 0. The summed E-state index contributed by atoms with van der Waals surface area (Å²) in [5.74, 6) is -0.990. The van der Waals surface area contributed by atoms with E-state index in [2.05, 4.69) is 106 Å². The Hall–Kier alpha value is -4.60. The molecule has 7 aromatic rings. The molecule has 0 saturated carbocycles. The van der Waals surface area contributed by atoms with Crippen LogP contribution in [0.15, 0.2) is 128 Å². The van der Waals surface area contributed by atoms with Crippen LogP contribution >= 0.6 is 0 Å². The van der Waals surface area contributed by atoms with Crippen LogP contribution < -0.4 is 0 Å². The Kier molecular flexibility index (Phi) is 7.62. The second-order valence-corrected chi connectivity index (χ2v) is 8.74. The van der Waals surface area contributed by atoms with Gasteiger partial charge in [0.05, 0.1) is 0 Å². The fourth-order valence-corrected chi connectivity index (χ4v) is 4.73. The maximum atomic E-state index is 10.1. The number of carboxylic acid groups (broad SMARTS) is 1. The first-order valence-electron chi connectivity index (χ1n) is 12.2. The van der Waals surface area contributed by atoms with Crippen molar-refractivity contribution in [2.45, 2.75) is 0 Å². The summed E-state index contributed by atoms with van der Waals surface area (Å²) in [6.07, 6.45) is 3.30. The van der Waals surface area contributed by atoms with Crippen LogP contribution in [-0.2, 0) is 21.1 Å². The predicted molar refractivity (Wildman–Crippen MR) is 152 cm³/mol. The van der Waals surface area contributed by atoms with Crippen molar-refractivity contribution in [3.8, 4) is 16.8 Å². The van der Waals surface area contributed by atoms with Gasteiger partial charge in [-0.15, -0.1) is 18.2 Å². The van der Waals surface area contributed by atoms with E-state index >= 15 is 0 Å². The first-order valence-corrected chi connectivity index (χ1v) is 12.2. The molecule has 0 aliphatic rings. The average molecular weight is 688 g/mol. The summed E-state index contributed by atoms with van der Waals surface area (Å²) in [6.45, 7) is 0. The fraction of sp³-hybridized carbons (Fsp3) is 0. The molecule has 0 radical (unpaired) electrons. The molecule has 0 amide bonds. The first-order chi connectivity index (χ1) is 18.7. The van der Waals surface area contributed by atoms with Crippen molar-refractivity contribution in [2.75, 3.05) is 0 Å². The van der Waals surface area contributed by atoms with Crippen LogP contribution in [0.4, 0.5) is 0 Å². The van der Waals surface area contributed by atoms with Crippen molar-refractivity contribution in [2.24, 2.45) is 0 Å². The largest absolute Gasteiger partial charge is 0.477 e. The van der Waals surface area contributed by atoms with Gasteiger partial charge in [-0.1, -0.05) is 83.2 Å². The molecule has 0 atom stereocenters. The van der Waals surface area contributed by atoms with Gasteiger partial charge < -0.3 is 14.7 Å². The SMILES string of the molecule is O=C(O)c1ccccn1.[Pt].[c-]1cc(-c2cccc3ccccc23)cc2c1c1ncccc1n2-c1ccccc1. The van der Waals surface area contributed by atoms with Crippen LogP contribution in [0.5, 0.6) is 0 Å². The van der Waals surface area contributed by atoms with Crippen molar-refractivity contribution in [3.63, 3.8) is 0 Å². The monoisotopic (exact) mass is 687 g/mol. The minimum atomic E-state index is -0.990. The van der Waals surface area contributed by atoms with Crippen molar-refractivity contribution >= 4 is 38.7 Å². The smallest absolute Gasteiger partial charge is 0.354 e. The topological polar surface area (TPSA) is 68.0 Å². The number of para-hydroxylation sites is 1. The number of carbonyl (C=O) groups is 1. The van der Waals surface area contributed by atoms with Crippen LogP contribution in [0.2, 0.25) is 0 Å². The molecule has 0 unspecified atom stereocenters. The van der Waals surface area contributed by atoms with E-state index in [9.17, 15) is 4.79 Å². The third-order valence-electron chi connectivity index (χ3n) is 6.42. The number of fused-ring (bicyclic) bond motifs is 4. The molecule has 39 heavy (non-hydrogen) atoms. The number of carboxylic acids is 1. The third kappa shape index (κ3) is 5.09. The van der Waals surface area contributed by atoms with E-state index in [1.807, 2.05) is 18.3 Å². The van der Waals surface area contributed by atoms with E-state index in [0.717, 1.165) is 33.2 Å². The van der Waals surface area contributed by atoms with Crippen LogP contribution in [0.3, 0.4) is 0 Å². The Labute approximate surface area is 239 Å². The van der Waals surface area contributed by atoms with Crippen molar-refractivity contribution < 1.29 is 31.0 Å². The van der Waals surface area contributed by atoms with E-state index in [1.54, 1.807) is 12.1 Å². The Balaban J connectivity index is 0.000000265. The molecule has 0 aliphatic carbocycles. The van der Waals surface area contributed by atoms with Gasteiger partial charge in [0.1, 0.15) is 5.69 Å². The standard InChI is InChI=1S/C27H17N2.C6H5NO2.Pt/c1-2-10-21(11-3-1)29-25-14-7-17-28-27(25)24-16-15-20(18-26(24)29)23-13-6-9-19-8-4-5-12-22(19)23;8-6(9)5-3-1-2-4-7-5;/h1-15,17-18H;1-4H,(H,8,9);/q-1;;. The van der Waals surface area contributed by atoms with Gasteiger partial charge in [-0.3, -0.25) is 0 Å². The van der Waals surface area contributed by atoms with Crippen LogP contribution in [-0.4, -0.2) is 25.6 Å². The summed E-state index contributed by atoms with van der Waals surface area (Å²) in [7, 11) is 0. The Morgan fingerprint density at radius 3 is 2.26 bits per heavy atom. The van der Waals surface area contributed by atoms with Gasteiger partial charge in [0.2, 0.25) is 0 Å². The molecule has 7 rings (SSSR count). The zero-order valence-electron chi connectivity index (χ0n) is 20.6. The maximum absolute atomic E-state index is 10.1. The van der Waals surface area contributed by atoms with E-state index in [4.69, 9.17) is 5.11 Å². The molecule has 0 bridgehead atoms. The average Bonchev–Trinajstić information content (AvgIpc) is 3.32. The minimum absolute atomic E-state index is 0. The van der Waals surface area contributed by atoms with Crippen LogP contribution in [0.25, 0.3) is 49.5 Å². The maximum Gasteiger partial charge on any atom is 0.354 e. The van der Waals surface area contributed by atoms with Gasteiger partial charge in [0.25, 0.3) is 0 Å². The summed E-state index contributed by atoms with van der Waals surface area (Å²) < 4.78 is 2.28. The number of nitrogens with zero attached hydrogens (tertiary/aromatic N) is 3. The number of pyridine rings is 2. The molecular weight excluding hydrogens is 665 g/mol.